The standard InChI is InChI=1S/C12H22N2O4/c1-8(15)14(5)7-10(16)13-9(6-11(17)18)12(2,3)4/h9H,6-7H2,1-5H3,(H,13,16)(H,17,18). The van der Waals surface area contributed by atoms with Crippen molar-refractivity contribution < 1.29 is 19.5 Å². The summed E-state index contributed by atoms with van der Waals surface area (Å²) in [5.41, 5.74) is -0.358. The summed E-state index contributed by atoms with van der Waals surface area (Å²) in [7, 11) is 1.52. The summed E-state index contributed by atoms with van der Waals surface area (Å²) in [5, 5.41) is 11.5. The minimum absolute atomic E-state index is 0.0679. The Balaban J connectivity index is 4.54. The van der Waals surface area contributed by atoms with E-state index in [1.807, 2.05) is 20.8 Å². The number of nitrogens with zero attached hydrogens (tertiary/aromatic N) is 1. The molecule has 2 amide bonds. The van der Waals surface area contributed by atoms with Gasteiger partial charge < -0.3 is 15.3 Å². The topological polar surface area (TPSA) is 86.7 Å². The van der Waals surface area contributed by atoms with Crippen LogP contribution in [0.2, 0.25) is 0 Å². The number of likely N-dealkylation sites (N-methyl/N-ethyl adjacent to an activating group) is 1. The first kappa shape index (κ1) is 16.4. The average molecular weight is 258 g/mol. The second-order valence-electron chi connectivity index (χ2n) is 5.46. The van der Waals surface area contributed by atoms with Crippen molar-refractivity contribution in [2.45, 2.75) is 40.2 Å². The molecule has 2 N–H and O–H groups in total. The van der Waals surface area contributed by atoms with Crippen LogP contribution in [0.25, 0.3) is 0 Å². The van der Waals surface area contributed by atoms with E-state index in [-0.39, 0.29) is 30.2 Å². The van der Waals surface area contributed by atoms with Gasteiger partial charge in [-0.3, -0.25) is 14.4 Å². The molecule has 0 saturated carbocycles. The largest absolute Gasteiger partial charge is 0.481 e. The van der Waals surface area contributed by atoms with E-state index < -0.39 is 12.0 Å². The third-order valence-corrected chi connectivity index (χ3v) is 2.68. The van der Waals surface area contributed by atoms with Crippen molar-refractivity contribution in [1.29, 1.82) is 0 Å². The summed E-state index contributed by atoms with van der Waals surface area (Å²) in [5.74, 6) is -1.53. The van der Waals surface area contributed by atoms with Crippen LogP contribution in [0.15, 0.2) is 0 Å². The van der Waals surface area contributed by atoms with Crippen LogP contribution >= 0.6 is 0 Å². The third kappa shape index (κ3) is 6.22. The van der Waals surface area contributed by atoms with Crippen molar-refractivity contribution in [2.75, 3.05) is 13.6 Å². The van der Waals surface area contributed by atoms with Crippen molar-refractivity contribution >= 4 is 17.8 Å². The zero-order valence-corrected chi connectivity index (χ0v) is 11.6. The number of carboxylic acids is 1. The van der Waals surface area contributed by atoms with Crippen molar-refractivity contribution in [3.05, 3.63) is 0 Å². The normalized spacial score (nSPS) is 12.7. The lowest BCUT2D eigenvalue weighted by atomic mass is 9.84. The quantitative estimate of drug-likeness (QED) is 0.750. The Kier molecular flexibility index (Phi) is 5.81. The first-order chi connectivity index (χ1) is 8.04. The Labute approximate surface area is 107 Å². The minimum atomic E-state index is -0.963. The summed E-state index contributed by atoms with van der Waals surface area (Å²) in [6.45, 7) is 6.87. The number of amides is 2. The van der Waals surface area contributed by atoms with E-state index >= 15 is 0 Å². The number of hydrogen-bond acceptors (Lipinski definition) is 3. The number of carbonyl (C=O) groups excluding carboxylic acids is 2. The number of hydrogen-bond donors (Lipinski definition) is 2. The molecule has 0 heterocycles. The van der Waals surface area contributed by atoms with Gasteiger partial charge in [-0.1, -0.05) is 20.8 Å². The maximum atomic E-state index is 11.7. The average Bonchev–Trinajstić information content (AvgIpc) is 2.13. The SMILES string of the molecule is CC(=O)N(C)CC(=O)NC(CC(=O)O)C(C)(C)C. The second kappa shape index (κ2) is 6.37. The van der Waals surface area contributed by atoms with Gasteiger partial charge >= 0.3 is 5.97 Å². The summed E-state index contributed by atoms with van der Waals surface area (Å²) in [6, 6.07) is -0.470. The number of nitrogens with one attached hydrogen (secondary N) is 1. The summed E-state index contributed by atoms with van der Waals surface area (Å²) in [6.07, 6.45) is -0.140. The second-order valence-corrected chi connectivity index (χ2v) is 5.46. The molecule has 0 aliphatic rings. The van der Waals surface area contributed by atoms with E-state index in [0.29, 0.717) is 0 Å². The Hall–Kier alpha value is -1.59. The van der Waals surface area contributed by atoms with Crippen LogP contribution in [0.3, 0.4) is 0 Å². The smallest absolute Gasteiger partial charge is 0.305 e. The molecule has 0 bridgehead atoms. The van der Waals surface area contributed by atoms with Crippen molar-refractivity contribution in [3.8, 4) is 0 Å². The van der Waals surface area contributed by atoms with Crippen LogP contribution < -0.4 is 5.32 Å². The van der Waals surface area contributed by atoms with Crippen molar-refractivity contribution in [1.82, 2.24) is 10.2 Å². The van der Waals surface area contributed by atoms with E-state index in [2.05, 4.69) is 5.32 Å². The molecule has 104 valence electrons. The summed E-state index contributed by atoms with van der Waals surface area (Å²) >= 11 is 0. The number of carboxylic acid groups (broad SMARTS) is 1. The molecular weight excluding hydrogens is 236 g/mol. The Bertz CT molecular complexity index is 333. The third-order valence-electron chi connectivity index (χ3n) is 2.68. The molecule has 0 aliphatic carbocycles. The zero-order valence-electron chi connectivity index (χ0n) is 11.6. The van der Waals surface area contributed by atoms with Crippen LogP contribution in [0.5, 0.6) is 0 Å². The van der Waals surface area contributed by atoms with E-state index in [0.717, 1.165) is 0 Å². The fourth-order valence-corrected chi connectivity index (χ4v) is 1.32. The fourth-order valence-electron chi connectivity index (χ4n) is 1.32. The summed E-state index contributed by atoms with van der Waals surface area (Å²) in [4.78, 5) is 34.7. The molecular formula is C12H22N2O4. The fraction of sp³-hybridized carbons (Fsp3) is 0.750. The number of aliphatic carboxylic acids is 1. The van der Waals surface area contributed by atoms with Gasteiger partial charge in [-0.2, -0.15) is 0 Å². The molecule has 0 rings (SSSR count). The van der Waals surface area contributed by atoms with Gasteiger partial charge in [0.25, 0.3) is 0 Å². The highest BCUT2D eigenvalue weighted by molar-refractivity contribution is 5.84. The molecule has 0 aromatic rings. The van der Waals surface area contributed by atoms with Gasteiger partial charge in [0.2, 0.25) is 11.8 Å². The Morgan fingerprint density at radius 3 is 2.11 bits per heavy atom. The van der Waals surface area contributed by atoms with Crippen LogP contribution in [-0.4, -0.2) is 47.4 Å². The lowest BCUT2D eigenvalue weighted by Gasteiger charge is -2.31. The first-order valence-corrected chi connectivity index (χ1v) is 5.77. The Morgan fingerprint density at radius 1 is 1.28 bits per heavy atom. The molecule has 6 nitrogen and oxygen atoms in total. The maximum Gasteiger partial charge on any atom is 0.305 e. The predicted octanol–water partition coefficient (Wildman–Crippen LogP) is 0.470. The van der Waals surface area contributed by atoms with Crippen LogP contribution in [0.1, 0.15) is 34.1 Å². The van der Waals surface area contributed by atoms with Gasteiger partial charge in [0.1, 0.15) is 0 Å². The molecule has 0 aliphatic heterocycles. The molecule has 0 aromatic carbocycles. The molecule has 0 aromatic heterocycles. The van der Waals surface area contributed by atoms with Crippen LogP contribution in [-0.2, 0) is 14.4 Å². The molecule has 0 saturated heterocycles. The monoisotopic (exact) mass is 258 g/mol. The number of carbonyl (C=O) groups is 3. The van der Waals surface area contributed by atoms with Gasteiger partial charge in [0.15, 0.2) is 0 Å². The Morgan fingerprint density at radius 2 is 1.78 bits per heavy atom. The highest BCUT2D eigenvalue weighted by Crippen LogP contribution is 2.21. The van der Waals surface area contributed by atoms with Gasteiger partial charge in [0, 0.05) is 20.0 Å². The molecule has 1 atom stereocenters. The van der Waals surface area contributed by atoms with E-state index in [1.165, 1.54) is 18.9 Å². The highest BCUT2D eigenvalue weighted by Gasteiger charge is 2.28. The van der Waals surface area contributed by atoms with Crippen molar-refractivity contribution in [2.24, 2.45) is 5.41 Å². The van der Waals surface area contributed by atoms with E-state index in [9.17, 15) is 14.4 Å². The van der Waals surface area contributed by atoms with E-state index in [4.69, 9.17) is 5.11 Å². The molecule has 18 heavy (non-hydrogen) atoms. The van der Waals surface area contributed by atoms with Gasteiger partial charge in [-0.15, -0.1) is 0 Å². The predicted molar refractivity (Wildman–Crippen MR) is 66.9 cm³/mol. The maximum absolute atomic E-state index is 11.7. The first-order valence-electron chi connectivity index (χ1n) is 5.77. The molecule has 0 radical (unpaired) electrons. The molecule has 1 unspecified atom stereocenters. The van der Waals surface area contributed by atoms with Crippen LogP contribution in [0, 0.1) is 5.41 Å². The van der Waals surface area contributed by atoms with Crippen LogP contribution in [0.4, 0.5) is 0 Å². The van der Waals surface area contributed by atoms with Gasteiger partial charge in [-0.25, -0.2) is 0 Å². The summed E-state index contributed by atoms with van der Waals surface area (Å²) < 4.78 is 0. The molecule has 0 spiro atoms. The van der Waals surface area contributed by atoms with Gasteiger partial charge in [0.05, 0.1) is 13.0 Å². The number of rotatable bonds is 5. The van der Waals surface area contributed by atoms with Crippen molar-refractivity contribution in [3.63, 3.8) is 0 Å². The highest BCUT2D eigenvalue weighted by atomic mass is 16.4. The molecule has 6 heteroatoms. The molecule has 0 fully saturated rings. The lowest BCUT2D eigenvalue weighted by molar-refractivity contribution is -0.139. The lowest BCUT2D eigenvalue weighted by Crippen LogP contribution is -2.48. The zero-order chi connectivity index (χ0) is 14.5. The van der Waals surface area contributed by atoms with E-state index in [1.54, 1.807) is 0 Å². The minimum Gasteiger partial charge on any atom is -0.481 e. The van der Waals surface area contributed by atoms with Gasteiger partial charge in [-0.05, 0) is 5.41 Å².